The lowest BCUT2D eigenvalue weighted by Gasteiger charge is -2.05. The van der Waals surface area contributed by atoms with Crippen molar-refractivity contribution < 1.29 is 9.18 Å². The monoisotopic (exact) mass is 264 g/mol. The van der Waals surface area contributed by atoms with Gasteiger partial charge < -0.3 is 5.73 Å². The third-order valence-corrected chi connectivity index (χ3v) is 2.78. The fourth-order valence-corrected chi connectivity index (χ4v) is 1.79. The van der Waals surface area contributed by atoms with Crippen molar-refractivity contribution in [1.29, 1.82) is 0 Å². The predicted octanol–water partition coefficient (Wildman–Crippen LogP) is 2.88. The summed E-state index contributed by atoms with van der Waals surface area (Å²) in [4.78, 5) is 15.8. The van der Waals surface area contributed by atoms with Crippen LogP contribution in [0.1, 0.15) is 16.1 Å². The van der Waals surface area contributed by atoms with E-state index in [4.69, 9.17) is 17.3 Å². The van der Waals surface area contributed by atoms with Gasteiger partial charge in [0.05, 0.1) is 10.7 Å². The van der Waals surface area contributed by atoms with Crippen LogP contribution in [-0.2, 0) is 6.42 Å². The van der Waals surface area contributed by atoms with Gasteiger partial charge in [0.1, 0.15) is 11.5 Å². The summed E-state index contributed by atoms with van der Waals surface area (Å²) in [6.07, 6.45) is 1.35. The molecule has 2 aromatic rings. The number of hydrogen-bond donors (Lipinski definition) is 1. The molecule has 1 aromatic heterocycles. The number of ketones is 1. The van der Waals surface area contributed by atoms with Crippen molar-refractivity contribution in [2.24, 2.45) is 0 Å². The van der Waals surface area contributed by atoms with E-state index in [9.17, 15) is 9.18 Å². The van der Waals surface area contributed by atoms with Gasteiger partial charge in [-0.1, -0.05) is 23.7 Å². The molecule has 0 amide bonds. The van der Waals surface area contributed by atoms with E-state index in [0.717, 1.165) is 0 Å². The van der Waals surface area contributed by atoms with Crippen LogP contribution in [0, 0.1) is 5.82 Å². The number of nitrogen functional groups attached to an aromatic ring is 1. The van der Waals surface area contributed by atoms with E-state index in [0.29, 0.717) is 0 Å². The van der Waals surface area contributed by atoms with Crippen LogP contribution >= 0.6 is 11.6 Å². The first kappa shape index (κ1) is 12.5. The van der Waals surface area contributed by atoms with Gasteiger partial charge in [-0.2, -0.15) is 0 Å². The molecule has 0 spiro atoms. The van der Waals surface area contributed by atoms with Crippen molar-refractivity contribution in [3.05, 3.63) is 58.6 Å². The number of hydrogen-bond acceptors (Lipinski definition) is 3. The van der Waals surface area contributed by atoms with Gasteiger partial charge in [0.2, 0.25) is 0 Å². The van der Waals surface area contributed by atoms with Gasteiger partial charge in [-0.05, 0) is 23.8 Å². The van der Waals surface area contributed by atoms with Gasteiger partial charge in [-0.25, -0.2) is 4.39 Å². The first-order valence-corrected chi connectivity index (χ1v) is 5.64. The van der Waals surface area contributed by atoms with Gasteiger partial charge in [-0.3, -0.25) is 9.78 Å². The summed E-state index contributed by atoms with van der Waals surface area (Å²) in [5, 5.41) is -0.00528. The van der Waals surface area contributed by atoms with Crippen LogP contribution in [0.15, 0.2) is 36.5 Å². The lowest BCUT2D eigenvalue weighted by atomic mass is 10.1. The van der Waals surface area contributed by atoms with E-state index in [2.05, 4.69) is 4.98 Å². The molecular weight excluding hydrogens is 255 g/mol. The molecule has 0 bridgehead atoms. The molecule has 2 rings (SSSR count). The van der Waals surface area contributed by atoms with E-state index in [1.807, 2.05) is 0 Å². The Kier molecular flexibility index (Phi) is 3.58. The van der Waals surface area contributed by atoms with Crippen LogP contribution in [0.4, 0.5) is 10.1 Å². The Morgan fingerprint density at radius 1 is 1.33 bits per heavy atom. The highest BCUT2D eigenvalue weighted by molar-refractivity contribution is 6.30. The number of Topliss-reactive ketones (excluding diaryl/α,β-unsaturated/α-hetero) is 1. The van der Waals surface area contributed by atoms with Gasteiger partial charge in [-0.15, -0.1) is 0 Å². The maximum Gasteiger partial charge on any atom is 0.187 e. The number of rotatable bonds is 3. The number of anilines is 1. The average Bonchev–Trinajstić information content (AvgIpc) is 2.35. The molecule has 1 heterocycles. The SMILES string of the molecule is Nc1cccnc1C(=O)Cc1cccc(Cl)c1F. The predicted molar refractivity (Wildman–Crippen MR) is 68.1 cm³/mol. The summed E-state index contributed by atoms with van der Waals surface area (Å²) in [6, 6.07) is 7.74. The lowest BCUT2D eigenvalue weighted by molar-refractivity contribution is 0.0988. The Morgan fingerprint density at radius 2 is 2.11 bits per heavy atom. The molecule has 0 aliphatic heterocycles. The molecule has 92 valence electrons. The topological polar surface area (TPSA) is 56.0 Å². The molecule has 1 aromatic carbocycles. The Morgan fingerprint density at radius 3 is 2.83 bits per heavy atom. The first-order valence-electron chi connectivity index (χ1n) is 5.26. The van der Waals surface area contributed by atoms with E-state index in [1.165, 1.54) is 18.3 Å². The van der Waals surface area contributed by atoms with Crippen molar-refractivity contribution in [2.75, 3.05) is 5.73 Å². The second kappa shape index (κ2) is 5.14. The average molecular weight is 265 g/mol. The summed E-state index contributed by atoms with van der Waals surface area (Å²) in [5.41, 5.74) is 6.31. The fourth-order valence-electron chi connectivity index (χ4n) is 1.59. The zero-order valence-electron chi connectivity index (χ0n) is 9.36. The molecule has 0 unspecified atom stereocenters. The van der Waals surface area contributed by atoms with Crippen LogP contribution in [0.5, 0.6) is 0 Å². The molecule has 3 nitrogen and oxygen atoms in total. The third-order valence-electron chi connectivity index (χ3n) is 2.49. The highest BCUT2D eigenvalue weighted by Gasteiger charge is 2.15. The molecule has 0 saturated carbocycles. The van der Waals surface area contributed by atoms with Crippen LogP contribution in [0.25, 0.3) is 0 Å². The van der Waals surface area contributed by atoms with Gasteiger partial charge in [0, 0.05) is 12.6 Å². The molecule has 18 heavy (non-hydrogen) atoms. The number of pyridine rings is 1. The highest BCUT2D eigenvalue weighted by Crippen LogP contribution is 2.20. The van der Waals surface area contributed by atoms with Crippen molar-refractivity contribution in [3.8, 4) is 0 Å². The molecule has 0 saturated heterocycles. The van der Waals surface area contributed by atoms with Crippen LogP contribution in [0.2, 0.25) is 5.02 Å². The zero-order chi connectivity index (χ0) is 13.1. The van der Waals surface area contributed by atoms with Gasteiger partial charge in [0.15, 0.2) is 5.78 Å². The maximum atomic E-state index is 13.6. The van der Waals surface area contributed by atoms with Crippen molar-refractivity contribution in [1.82, 2.24) is 4.98 Å². The minimum atomic E-state index is -0.581. The van der Waals surface area contributed by atoms with Crippen molar-refractivity contribution >= 4 is 23.1 Å². The number of halogens is 2. The number of benzene rings is 1. The summed E-state index contributed by atoms with van der Waals surface area (Å²) in [5.74, 6) is -0.920. The standard InChI is InChI=1S/C13H10ClFN2O/c14-9-4-1-3-8(12(9)15)7-11(18)13-10(16)5-2-6-17-13/h1-6H,7,16H2. The summed E-state index contributed by atoms with van der Waals surface area (Å²) in [6.45, 7) is 0. The molecule has 0 fully saturated rings. The van der Waals surface area contributed by atoms with E-state index in [1.54, 1.807) is 18.2 Å². The fraction of sp³-hybridized carbons (Fsp3) is 0.0769. The smallest absolute Gasteiger partial charge is 0.187 e. The highest BCUT2D eigenvalue weighted by atomic mass is 35.5. The molecule has 2 N–H and O–H groups in total. The maximum absolute atomic E-state index is 13.6. The number of nitrogens with zero attached hydrogens (tertiary/aromatic N) is 1. The molecule has 5 heteroatoms. The number of carbonyl (C=O) groups excluding carboxylic acids is 1. The number of carbonyl (C=O) groups is 1. The van der Waals surface area contributed by atoms with Crippen molar-refractivity contribution in [2.45, 2.75) is 6.42 Å². The lowest BCUT2D eigenvalue weighted by Crippen LogP contribution is -2.10. The quantitative estimate of drug-likeness (QED) is 0.868. The van der Waals surface area contributed by atoms with Gasteiger partial charge >= 0.3 is 0 Å². The zero-order valence-corrected chi connectivity index (χ0v) is 10.1. The normalized spacial score (nSPS) is 10.3. The Balaban J connectivity index is 2.27. The summed E-state index contributed by atoms with van der Waals surface area (Å²) in [7, 11) is 0. The molecule has 0 aliphatic carbocycles. The Bertz CT molecular complexity index is 601. The third kappa shape index (κ3) is 2.49. The van der Waals surface area contributed by atoms with E-state index in [-0.39, 0.29) is 34.2 Å². The Hall–Kier alpha value is -1.94. The second-order valence-electron chi connectivity index (χ2n) is 3.75. The minimum absolute atomic E-state index is 0.00528. The largest absolute Gasteiger partial charge is 0.397 e. The second-order valence-corrected chi connectivity index (χ2v) is 4.16. The molecule has 0 aliphatic rings. The molecule has 0 atom stereocenters. The van der Waals surface area contributed by atoms with Crippen LogP contribution in [0.3, 0.4) is 0 Å². The van der Waals surface area contributed by atoms with Crippen molar-refractivity contribution in [3.63, 3.8) is 0 Å². The number of aromatic nitrogens is 1. The minimum Gasteiger partial charge on any atom is -0.397 e. The van der Waals surface area contributed by atoms with E-state index >= 15 is 0 Å². The van der Waals surface area contributed by atoms with Gasteiger partial charge in [0.25, 0.3) is 0 Å². The Labute approximate surface area is 108 Å². The summed E-state index contributed by atoms with van der Waals surface area (Å²) < 4.78 is 13.6. The molecule has 0 radical (unpaired) electrons. The molecular formula is C13H10ClFN2O. The van der Waals surface area contributed by atoms with E-state index < -0.39 is 5.82 Å². The van der Waals surface area contributed by atoms with Crippen LogP contribution in [-0.4, -0.2) is 10.8 Å². The number of nitrogens with two attached hydrogens (primary N) is 1. The summed E-state index contributed by atoms with van der Waals surface area (Å²) >= 11 is 5.65. The van der Waals surface area contributed by atoms with Crippen LogP contribution < -0.4 is 5.73 Å². The first-order chi connectivity index (χ1) is 8.59.